The highest BCUT2D eigenvalue weighted by Gasteiger charge is 2.57. The fraction of sp³-hybridized carbons (Fsp3) is 0.750. The molecule has 210 valence electrons. The molecular weight excluding hydrogens is 537 g/mol. The second-order valence-corrected chi connectivity index (χ2v) is 10.8. The number of methoxy groups -OCH3 is 1. The maximum Gasteiger partial charge on any atom is 0.367 e. The Bertz CT molecular complexity index is 1060. The van der Waals surface area contributed by atoms with E-state index in [2.05, 4.69) is 4.98 Å². The number of hydrogen-bond acceptors (Lipinski definition) is 12. The molecule has 1 aliphatic heterocycles. The topological polar surface area (TPSA) is 186 Å². The van der Waals surface area contributed by atoms with Crippen LogP contribution >= 0.6 is 16.1 Å². The van der Waals surface area contributed by atoms with E-state index >= 15 is 4.39 Å². The lowest BCUT2D eigenvalue weighted by atomic mass is 10.1. The summed E-state index contributed by atoms with van der Waals surface area (Å²) in [4.78, 5) is 26.7. The van der Waals surface area contributed by atoms with Crippen LogP contribution in [0.4, 0.5) is 4.39 Å². The molecule has 3 N–H and O–H groups in total. The molecule has 1 fully saturated rings. The molecule has 1 unspecified atom stereocenters. The predicted octanol–water partition coefficient (Wildman–Crippen LogP) is 1.84. The third-order valence-corrected chi connectivity index (χ3v) is 8.11. The molecule has 17 heteroatoms. The van der Waals surface area contributed by atoms with Crippen molar-refractivity contribution in [1.29, 1.82) is 5.26 Å². The minimum atomic E-state index is -4.39. The van der Waals surface area contributed by atoms with E-state index in [9.17, 15) is 14.2 Å². The fourth-order valence-electron chi connectivity index (χ4n) is 3.50. The van der Waals surface area contributed by atoms with Crippen LogP contribution < -0.4 is 16.8 Å². The van der Waals surface area contributed by atoms with E-state index in [1.165, 1.54) is 34.1 Å². The molecule has 1 aromatic rings. The summed E-state index contributed by atoms with van der Waals surface area (Å²) in [6, 6.07) is 1.89. The summed E-state index contributed by atoms with van der Waals surface area (Å²) < 4.78 is 68.5. The van der Waals surface area contributed by atoms with Crippen molar-refractivity contribution in [2.45, 2.75) is 57.6 Å². The molecule has 0 spiro atoms. The average Bonchev–Trinajstić information content (AvgIpc) is 3.19. The number of ether oxygens (including phenoxy) is 3. The second-order valence-electron chi connectivity index (χ2n) is 7.64. The zero-order valence-electron chi connectivity index (χ0n) is 21.0. The summed E-state index contributed by atoms with van der Waals surface area (Å²) in [6.45, 7) is 4.33. The third kappa shape index (κ3) is 8.21. The molecule has 0 amide bonds. The smallest absolute Gasteiger partial charge is 0.367 e. The van der Waals surface area contributed by atoms with E-state index in [-0.39, 0.29) is 45.0 Å². The fourth-order valence-corrected chi connectivity index (χ4v) is 5.99. The summed E-state index contributed by atoms with van der Waals surface area (Å²) in [6.07, 6.45) is -4.32. The maximum atomic E-state index is 16.0. The Hall–Kier alpha value is -1.56. The minimum Gasteiger partial charge on any atom is -0.382 e. The molecule has 2 heterocycles. The maximum absolute atomic E-state index is 16.0. The normalized spacial score (nSPS) is 23.6. The number of aromatic amines is 1. The average molecular weight is 570 g/mol. The molecule has 0 aromatic carbocycles. The van der Waals surface area contributed by atoms with Crippen LogP contribution in [0.25, 0.3) is 0 Å². The number of nitrogens with zero attached hydrogens (tertiary/aromatic N) is 2. The van der Waals surface area contributed by atoms with E-state index in [1.807, 2.05) is 6.07 Å². The van der Waals surface area contributed by atoms with Crippen molar-refractivity contribution in [3.8, 4) is 6.07 Å². The summed E-state index contributed by atoms with van der Waals surface area (Å²) in [7, 11) is -5.13. The summed E-state index contributed by atoms with van der Waals surface area (Å²) in [5.74, 6) is -2.38. The van der Waals surface area contributed by atoms with E-state index in [0.29, 0.717) is 0 Å². The number of nitriles is 1. The van der Waals surface area contributed by atoms with Crippen LogP contribution in [0.1, 0.15) is 32.1 Å². The van der Waals surface area contributed by atoms with Gasteiger partial charge in [-0.1, -0.05) is 0 Å². The molecule has 14 nitrogen and oxygen atoms in total. The van der Waals surface area contributed by atoms with Crippen LogP contribution in [0.5, 0.6) is 0 Å². The number of hydrogen-bond donors (Lipinski definition) is 2. The van der Waals surface area contributed by atoms with Gasteiger partial charge in [-0.05, 0) is 20.8 Å². The van der Waals surface area contributed by atoms with Gasteiger partial charge in [0.15, 0.2) is 6.23 Å². The Balaban J connectivity index is 2.55. The van der Waals surface area contributed by atoms with Gasteiger partial charge in [-0.25, -0.2) is 9.18 Å². The van der Waals surface area contributed by atoms with E-state index in [1.54, 1.807) is 0 Å². The first-order valence-electron chi connectivity index (χ1n) is 11.5. The SMILES string of the molecule is CCOP(=O)(OCC)[C@@H](F)[C@H]1O[C@@H](n2cc(C)c(=O)[nH]c2=O)[C@H](OCCOC)[C@@H]1OP(N)OCCC#N. The van der Waals surface area contributed by atoms with E-state index < -0.39 is 57.8 Å². The molecule has 0 radical (unpaired) electrons. The van der Waals surface area contributed by atoms with Gasteiger partial charge >= 0.3 is 13.3 Å². The molecular formula is C20H33FN4O10P2. The first kappa shape index (κ1) is 31.7. The molecule has 0 bridgehead atoms. The zero-order chi connectivity index (χ0) is 27.6. The largest absolute Gasteiger partial charge is 0.382 e. The second kappa shape index (κ2) is 15.1. The van der Waals surface area contributed by atoms with Gasteiger partial charge in [0.25, 0.3) is 14.1 Å². The van der Waals surface area contributed by atoms with Gasteiger partial charge in [-0.3, -0.25) is 24.4 Å². The Labute approximate surface area is 214 Å². The first-order valence-corrected chi connectivity index (χ1v) is 14.3. The molecule has 1 aliphatic rings. The van der Waals surface area contributed by atoms with Crippen molar-refractivity contribution in [3.63, 3.8) is 0 Å². The first-order chi connectivity index (χ1) is 17.6. The molecule has 1 aromatic heterocycles. The van der Waals surface area contributed by atoms with Crippen LogP contribution in [-0.2, 0) is 36.9 Å². The van der Waals surface area contributed by atoms with Gasteiger partial charge in [0.1, 0.15) is 18.3 Å². The van der Waals surface area contributed by atoms with Gasteiger partial charge in [0.2, 0.25) is 5.91 Å². The van der Waals surface area contributed by atoms with E-state index in [4.69, 9.17) is 43.1 Å². The van der Waals surface area contributed by atoms with Crippen molar-refractivity contribution in [2.75, 3.05) is 40.1 Å². The Kier molecular flexibility index (Phi) is 13.0. The standard InChI is InChI=1S/C20H33FN4O10P2/c1-5-32-37(28,33-6-2)17(21)15-14(35-36(23)31-9-7-8-22)16(30-11-10-29-4)19(34-15)25-12-13(3)18(26)24-20(25)27/h12,14-17,19H,5-7,9-11,23H2,1-4H3,(H,24,26,27)/t14-,15+,16-,17-,19-,36?/m1/s1. The highest BCUT2D eigenvalue weighted by molar-refractivity contribution is 7.54. The molecule has 1 saturated heterocycles. The highest BCUT2D eigenvalue weighted by Crippen LogP contribution is 2.58. The van der Waals surface area contributed by atoms with Gasteiger partial charge in [-0.15, -0.1) is 0 Å². The lowest BCUT2D eigenvalue weighted by Gasteiger charge is -2.29. The van der Waals surface area contributed by atoms with E-state index in [0.717, 1.165) is 4.57 Å². The number of rotatable bonds is 16. The number of aromatic nitrogens is 2. The highest BCUT2D eigenvalue weighted by atomic mass is 31.2. The van der Waals surface area contributed by atoms with Crippen molar-refractivity contribution < 1.29 is 41.3 Å². The number of alkyl halides is 1. The quantitative estimate of drug-likeness (QED) is 0.217. The Morgan fingerprint density at radius 1 is 1.27 bits per heavy atom. The van der Waals surface area contributed by atoms with Crippen LogP contribution in [0.15, 0.2) is 15.8 Å². The third-order valence-electron chi connectivity index (χ3n) is 5.09. The molecule has 0 aliphatic carbocycles. The van der Waals surface area contributed by atoms with Gasteiger partial charge in [-0.2, -0.15) is 5.26 Å². The van der Waals surface area contributed by atoms with Gasteiger partial charge in [0, 0.05) is 18.9 Å². The summed E-state index contributed by atoms with van der Waals surface area (Å²) >= 11 is 0. The van der Waals surface area contributed by atoms with Crippen molar-refractivity contribution in [2.24, 2.45) is 5.50 Å². The molecule has 6 atom stereocenters. The molecule has 2 rings (SSSR count). The summed E-state index contributed by atoms with van der Waals surface area (Å²) in [5, 5.41) is 8.74. The van der Waals surface area contributed by atoms with Gasteiger partial charge in [0.05, 0.1) is 45.5 Å². The van der Waals surface area contributed by atoms with Crippen LogP contribution in [-0.4, -0.2) is 73.9 Å². The van der Waals surface area contributed by atoms with Crippen molar-refractivity contribution in [3.05, 3.63) is 32.6 Å². The Morgan fingerprint density at radius 2 is 1.95 bits per heavy atom. The predicted molar refractivity (Wildman–Crippen MR) is 130 cm³/mol. The molecule has 37 heavy (non-hydrogen) atoms. The van der Waals surface area contributed by atoms with Crippen molar-refractivity contribution in [1.82, 2.24) is 9.55 Å². The van der Waals surface area contributed by atoms with Crippen LogP contribution in [0.3, 0.4) is 0 Å². The number of H-pyrrole nitrogens is 1. The zero-order valence-corrected chi connectivity index (χ0v) is 22.8. The minimum absolute atomic E-state index is 0.0198. The monoisotopic (exact) mass is 570 g/mol. The van der Waals surface area contributed by atoms with Crippen LogP contribution in [0, 0.1) is 18.3 Å². The lowest BCUT2D eigenvalue weighted by Crippen LogP contribution is -2.42. The number of nitrogens with two attached hydrogens (primary N) is 1. The lowest BCUT2D eigenvalue weighted by molar-refractivity contribution is -0.0813. The number of halogens is 1. The summed E-state index contributed by atoms with van der Waals surface area (Å²) in [5.41, 5.74) is 4.67. The number of aryl methyl sites for hydroxylation is 1. The van der Waals surface area contributed by atoms with Crippen molar-refractivity contribution >= 4 is 16.1 Å². The number of nitrogens with one attached hydrogen (secondary N) is 1. The molecule has 0 saturated carbocycles. The van der Waals surface area contributed by atoms with Crippen LogP contribution in [0.2, 0.25) is 0 Å². The Morgan fingerprint density at radius 3 is 2.54 bits per heavy atom. The van der Waals surface area contributed by atoms with Gasteiger partial charge < -0.3 is 32.3 Å².